The van der Waals surface area contributed by atoms with Crippen molar-refractivity contribution in [3.8, 4) is 11.4 Å². The van der Waals surface area contributed by atoms with Crippen LogP contribution in [-0.4, -0.2) is 16.3 Å². The van der Waals surface area contributed by atoms with Crippen molar-refractivity contribution >= 4 is 6.29 Å². The van der Waals surface area contributed by atoms with Gasteiger partial charge in [0.1, 0.15) is 0 Å². The molecule has 0 radical (unpaired) electrons. The summed E-state index contributed by atoms with van der Waals surface area (Å²) in [6, 6.07) is 7.33. The SMILES string of the molecule is CC(C)c1cnc(-c2ccccc2C=O)nc1. The van der Waals surface area contributed by atoms with Crippen LogP contribution in [0.25, 0.3) is 11.4 Å². The van der Waals surface area contributed by atoms with Crippen molar-refractivity contribution in [3.05, 3.63) is 47.8 Å². The zero-order valence-electron chi connectivity index (χ0n) is 9.92. The first-order valence-corrected chi connectivity index (χ1v) is 5.59. The second-order valence-electron chi connectivity index (χ2n) is 4.20. The van der Waals surface area contributed by atoms with Crippen molar-refractivity contribution in [2.24, 2.45) is 0 Å². The minimum absolute atomic E-state index is 0.408. The molecule has 0 saturated heterocycles. The Kier molecular flexibility index (Phi) is 3.28. The minimum Gasteiger partial charge on any atom is -0.298 e. The van der Waals surface area contributed by atoms with Crippen molar-refractivity contribution in [2.75, 3.05) is 0 Å². The summed E-state index contributed by atoms with van der Waals surface area (Å²) < 4.78 is 0. The van der Waals surface area contributed by atoms with E-state index in [-0.39, 0.29) is 0 Å². The number of hydrogen-bond donors (Lipinski definition) is 0. The van der Waals surface area contributed by atoms with Crippen molar-refractivity contribution in [1.82, 2.24) is 9.97 Å². The van der Waals surface area contributed by atoms with E-state index < -0.39 is 0 Å². The molecular formula is C14H14N2O. The van der Waals surface area contributed by atoms with Crippen LogP contribution >= 0.6 is 0 Å². The Balaban J connectivity index is 2.43. The molecule has 0 saturated carbocycles. The molecule has 3 heteroatoms. The third-order valence-corrected chi connectivity index (χ3v) is 2.67. The highest BCUT2D eigenvalue weighted by molar-refractivity contribution is 5.85. The van der Waals surface area contributed by atoms with E-state index in [4.69, 9.17) is 0 Å². The first kappa shape index (κ1) is 11.5. The monoisotopic (exact) mass is 226 g/mol. The Morgan fingerprint density at radius 3 is 2.35 bits per heavy atom. The highest BCUT2D eigenvalue weighted by Crippen LogP contribution is 2.19. The number of carbonyl (C=O) groups excluding carboxylic acids is 1. The van der Waals surface area contributed by atoms with Gasteiger partial charge in [0.05, 0.1) is 0 Å². The lowest BCUT2D eigenvalue weighted by Gasteiger charge is -2.06. The van der Waals surface area contributed by atoms with E-state index in [0.29, 0.717) is 17.3 Å². The molecular weight excluding hydrogens is 212 g/mol. The quantitative estimate of drug-likeness (QED) is 0.755. The summed E-state index contributed by atoms with van der Waals surface area (Å²) in [7, 11) is 0. The van der Waals surface area contributed by atoms with E-state index in [9.17, 15) is 4.79 Å². The standard InChI is InChI=1S/C14H14N2O/c1-10(2)12-7-15-14(16-8-12)13-6-4-3-5-11(13)9-17/h3-10H,1-2H3. The molecule has 0 spiro atoms. The third kappa shape index (κ3) is 2.38. The zero-order valence-corrected chi connectivity index (χ0v) is 9.92. The van der Waals surface area contributed by atoms with Crippen LogP contribution in [0.1, 0.15) is 35.7 Å². The van der Waals surface area contributed by atoms with Gasteiger partial charge in [-0.25, -0.2) is 9.97 Å². The van der Waals surface area contributed by atoms with Crippen LogP contribution in [0.15, 0.2) is 36.7 Å². The van der Waals surface area contributed by atoms with Crippen LogP contribution in [0.4, 0.5) is 0 Å². The molecule has 1 heterocycles. The van der Waals surface area contributed by atoms with Gasteiger partial charge in [-0.2, -0.15) is 0 Å². The van der Waals surface area contributed by atoms with Gasteiger partial charge >= 0.3 is 0 Å². The maximum Gasteiger partial charge on any atom is 0.159 e. The summed E-state index contributed by atoms with van der Waals surface area (Å²) >= 11 is 0. The Morgan fingerprint density at radius 2 is 1.76 bits per heavy atom. The Bertz CT molecular complexity index is 518. The summed E-state index contributed by atoms with van der Waals surface area (Å²) in [5.41, 5.74) is 2.49. The number of rotatable bonds is 3. The lowest BCUT2D eigenvalue weighted by Crippen LogP contribution is -1.96. The topological polar surface area (TPSA) is 42.9 Å². The largest absolute Gasteiger partial charge is 0.298 e. The predicted octanol–water partition coefficient (Wildman–Crippen LogP) is 3.08. The van der Waals surface area contributed by atoms with Crippen LogP contribution in [0.5, 0.6) is 0 Å². The van der Waals surface area contributed by atoms with Crippen LogP contribution < -0.4 is 0 Å². The van der Waals surface area contributed by atoms with E-state index in [0.717, 1.165) is 17.4 Å². The summed E-state index contributed by atoms with van der Waals surface area (Å²) in [5.74, 6) is 1.00. The van der Waals surface area contributed by atoms with E-state index in [1.165, 1.54) is 0 Å². The van der Waals surface area contributed by atoms with Gasteiger partial charge in [0.25, 0.3) is 0 Å². The normalized spacial score (nSPS) is 10.5. The maximum absolute atomic E-state index is 10.9. The fraction of sp³-hybridized carbons (Fsp3) is 0.214. The molecule has 2 aromatic rings. The van der Waals surface area contributed by atoms with Gasteiger partial charge in [0, 0.05) is 23.5 Å². The molecule has 3 nitrogen and oxygen atoms in total. The van der Waals surface area contributed by atoms with Crippen LogP contribution in [-0.2, 0) is 0 Å². The number of aldehydes is 1. The third-order valence-electron chi connectivity index (χ3n) is 2.67. The lowest BCUT2D eigenvalue weighted by molar-refractivity contribution is 0.112. The molecule has 0 aliphatic carbocycles. The highest BCUT2D eigenvalue weighted by Gasteiger charge is 2.07. The van der Waals surface area contributed by atoms with Gasteiger partial charge < -0.3 is 0 Å². The van der Waals surface area contributed by atoms with Gasteiger partial charge in [-0.15, -0.1) is 0 Å². The Labute approximate surface area is 101 Å². The number of carbonyl (C=O) groups is 1. The molecule has 0 amide bonds. The predicted molar refractivity (Wildman–Crippen MR) is 66.9 cm³/mol. The first-order valence-electron chi connectivity index (χ1n) is 5.59. The number of hydrogen-bond acceptors (Lipinski definition) is 3. The van der Waals surface area contributed by atoms with Crippen molar-refractivity contribution < 1.29 is 4.79 Å². The molecule has 1 aromatic carbocycles. The fourth-order valence-electron chi connectivity index (χ4n) is 1.58. The van der Waals surface area contributed by atoms with E-state index in [1.54, 1.807) is 6.07 Å². The second kappa shape index (κ2) is 4.87. The second-order valence-corrected chi connectivity index (χ2v) is 4.20. The number of benzene rings is 1. The average molecular weight is 226 g/mol. The van der Waals surface area contributed by atoms with Crippen LogP contribution in [0.3, 0.4) is 0 Å². The van der Waals surface area contributed by atoms with Crippen LogP contribution in [0.2, 0.25) is 0 Å². The number of aromatic nitrogens is 2. The average Bonchev–Trinajstić information content (AvgIpc) is 2.39. The van der Waals surface area contributed by atoms with Crippen molar-refractivity contribution in [2.45, 2.75) is 19.8 Å². The molecule has 0 N–H and O–H groups in total. The molecule has 0 aliphatic heterocycles. The molecule has 0 atom stereocenters. The molecule has 2 rings (SSSR count). The summed E-state index contributed by atoms with van der Waals surface area (Å²) in [6.45, 7) is 4.19. The van der Waals surface area contributed by atoms with Gasteiger partial charge in [-0.1, -0.05) is 38.1 Å². The van der Waals surface area contributed by atoms with Crippen molar-refractivity contribution in [3.63, 3.8) is 0 Å². The van der Waals surface area contributed by atoms with E-state index in [1.807, 2.05) is 30.6 Å². The first-order chi connectivity index (χ1) is 8.22. The zero-order chi connectivity index (χ0) is 12.3. The molecule has 0 aliphatic rings. The summed E-state index contributed by atoms with van der Waals surface area (Å²) in [5, 5.41) is 0. The van der Waals surface area contributed by atoms with Gasteiger partial charge in [0.2, 0.25) is 0 Å². The molecule has 86 valence electrons. The molecule has 1 aromatic heterocycles. The van der Waals surface area contributed by atoms with E-state index in [2.05, 4.69) is 23.8 Å². The summed E-state index contributed by atoms with van der Waals surface area (Å²) in [6.07, 6.45) is 4.46. The lowest BCUT2D eigenvalue weighted by atomic mass is 10.1. The molecule has 17 heavy (non-hydrogen) atoms. The van der Waals surface area contributed by atoms with Crippen LogP contribution in [0, 0.1) is 0 Å². The highest BCUT2D eigenvalue weighted by atomic mass is 16.1. The molecule has 0 unspecified atom stereocenters. The van der Waals surface area contributed by atoms with Gasteiger partial charge in [0.15, 0.2) is 12.1 Å². The maximum atomic E-state index is 10.9. The minimum atomic E-state index is 0.408. The van der Waals surface area contributed by atoms with Gasteiger partial charge in [-0.3, -0.25) is 4.79 Å². The summed E-state index contributed by atoms with van der Waals surface area (Å²) in [4.78, 5) is 19.5. The Hall–Kier alpha value is -2.03. The van der Waals surface area contributed by atoms with Gasteiger partial charge in [-0.05, 0) is 11.5 Å². The van der Waals surface area contributed by atoms with Crippen molar-refractivity contribution in [1.29, 1.82) is 0 Å². The Morgan fingerprint density at radius 1 is 1.12 bits per heavy atom. The van der Waals surface area contributed by atoms with E-state index >= 15 is 0 Å². The molecule has 0 bridgehead atoms. The number of nitrogens with zero attached hydrogens (tertiary/aromatic N) is 2. The smallest absolute Gasteiger partial charge is 0.159 e. The molecule has 0 fully saturated rings. The fourth-order valence-corrected chi connectivity index (χ4v) is 1.58.